The number of methoxy groups -OCH3 is 1. The van der Waals surface area contributed by atoms with Gasteiger partial charge >= 0.3 is 0 Å². The molecule has 2 aliphatic rings. The number of furan rings is 1. The first-order valence-corrected chi connectivity index (χ1v) is 10.2. The Kier molecular flexibility index (Phi) is 4.55. The van der Waals surface area contributed by atoms with E-state index in [4.69, 9.17) is 9.15 Å². The fraction of sp³-hybridized carbons (Fsp3) is 0.375. The molecule has 0 unspecified atom stereocenters. The first kappa shape index (κ1) is 18.3. The van der Waals surface area contributed by atoms with Crippen molar-refractivity contribution in [1.82, 2.24) is 9.80 Å². The van der Waals surface area contributed by atoms with Gasteiger partial charge in [0.25, 0.3) is 0 Å². The van der Waals surface area contributed by atoms with E-state index >= 15 is 0 Å². The summed E-state index contributed by atoms with van der Waals surface area (Å²) in [6.07, 6.45) is 0. The molecule has 1 aromatic heterocycles. The van der Waals surface area contributed by atoms with Crippen LogP contribution in [0.25, 0.3) is 11.0 Å². The third-order valence-electron chi connectivity index (χ3n) is 6.46. The van der Waals surface area contributed by atoms with Gasteiger partial charge in [0.1, 0.15) is 17.1 Å². The number of para-hydroxylation sites is 1. The molecule has 0 aliphatic carbocycles. The molecule has 1 amide bonds. The van der Waals surface area contributed by atoms with Crippen LogP contribution in [0.5, 0.6) is 5.75 Å². The predicted octanol–water partition coefficient (Wildman–Crippen LogP) is 4.09. The summed E-state index contributed by atoms with van der Waals surface area (Å²) in [5.74, 6) is 2.95. The molecule has 5 nitrogen and oxygen atoms in total. The van der Waals surface area contributed by atoms with E-state index < -0.39 is 0 Å². The van der Waals surface area contributed by atoms with Crippen molar-refractivity contribution in [1.29, 1.82) is 0 Å². The van der Waals surface area contributed by atoms with Gasteiger partial charge in [0, 0.05) is 37.9 Å². The maximum Gasteiger partial charge on any atom is 0.219 e. The second-order valence-corrected chi connectivity index (χ2v) is 8.26. The first-order chi connectivity index (χ1) is 14.1. The number of ether oxygens (including phenoxy) is 1. The molecule has 2 fully saturated rings. The molecule has 3 atom stereocenters. The van der Waals surface area contributed by atoms with E-state index in [1.807, 2.05) is 30.3 Å². The molecule has 3 heterocycles. The van der Waals surface area contributed by atoms with E-state index in [-0.39, 0.29) is 11.9 Å². The number of carbonyl (C=O) groups excluding carboxylic acids is 1. The molecule has 150 valence electrons. The Morgan fingerprint density at radius 1 is 1.10 bits per heavy atom. The van der Waals surface area contributed by atoms with Crippen molar-refractivity contribution >= 4 is 16.9 Å². The summed E-state index contributed by atoms with van der Waals surface area (Å²) in [4.78, 5) is 16.9. The van der Waals surface area contributed by atoms with Gasteiger partial charge in [-0.3, -0.25) is 9.69 Å². The second kappa shape index (κ2) is 7.23. The summed E-state index contributed by atoms with van der Waals surface area (Å²) >= 11 is 0. The van der Waals surface area contributed by atoms with Crippen LogP contribution >= 0.6 is 0 Å². The molecular weight excluding hydrogens is 364 g/mol. The molecule has 29 heavy (non-hydrogen) atoms. The highest BCUT2D eigenvalue weighted by atomic mass is 16.5. The van der Waals surface area contributed by atoms with Crippen molar-refractivity contribution in [3.8, 4) is 5.75 Å². The standard InChI is InChI=1S/C24H26N2O3/c1-16(27)26-13-19-12-25(14-21-11-18-5-3-4-6-23(18)29-21)15-22(19)24(26)17-7-9-20(28-2)10-8-17/h3-11,19,22,24H,12-15H2,1-2H3/t19-,22-,24+/m1/s1. The van der Waals surface area contributed by atoms with Crippen molar-refractivity contribution in [2.45, 2.75) is 19.5 Å². The zero-order valence-corrected chi connectivity index (χ0v) is 16.9. The lowest BCUT2D eigenvalue weighted by Gasteiger charge is -2.29. The topological polar surface area (TPSA) is 45.9 Å². The highest BCUT2D eigenvalue weighted by Crippen LogP contribution is 2.45. The number of carbonyl (C=O) groups is 1. The third kappa shape index (κ3) is 3.29. The molecule has 2 saturated heterocycles. The van der Waals surface area contributed by atoms with Crippen molar-refractivity contribution in [2.24, 2.45) is 11.8 Å². The number of nitrogens with zero attached hydrogens (tertiary/aromatic N) is 2. The van der Waals surface area contributed by atoms with Crippen LogP contribution in [-0.2, 0) is 11.3 Å². The highest BCUT2D eigenvalue weighted by molar-refractivity contribution is 5.77. The van der Waals surface area contributed by atoms with Crippen LogP contribution in [0.15, 0.2) is 59.0 Å². The van der Waals surface area contributed by atoms with Crippen LogP contribution in [0.2, 0.25) is 0 Å². The minimum absolute atomic E-state index is 0.129. The van der Waals surface area contributed by atoms with Crippen LogP contribution in [0.4, 0.5) is 0 Å². The van der Waals surface area contributed by atoms with Gasteiger partial charge in [-0.15, -0.1) is 0 Å². The van der Waals surface area contributed by atoms with Crippen LogP contribution in [0, 0.1) is 11.8 Å². The summed E-state index contributed by atoms with van der Waals surface area (Å²) in [6, 6.07) is 18.6. The molecule has 2 aromatic carbocycles. The number of likely N-dealkylation sites (tertiary alicyclic amines) is 2. The van der Waals surface area contributed by atoms with Gasteiger partial charge in [0.2, 0.25) is 5.91 Å². The monoisotopic (exact) mass is 390 g/mol. The Morgan fingerprint density at radius 2 is 1.90 bits per heavy atom. The summed E-state index contributed by atoms with van der Waals surface area (Å²) in [6.45, 7) is 5.30. The fourth-order valence-electron chi connectivity index (χ4n) is 5.15. The van der Waals surface area contributed by atoms with E-state index in [0.29, 0.717) is 11.8 Å². The first-order valence-electron chi connectivity index (χ1n) is 10.2. The lowest BCUT2D eigenvalue weighted by atomic mass is 9.89. The minimum atomic E-state index is 0.129. The number of rotatable bonds is 4. The number of amides is 1. The number of hydrogen-bond acceptors (Lipinski definition) is 4. The molecule has 5 rings (SSSR count). The molecule has 0 spiro atoms. The van der Waals surface area contributed by atoms with E-state index in [9.17, 15) is 4.79 Å². The average molecular weight is 390 g/mol. The molecule has 0 radical (unpaired) electrons. The van der Waals surface area contributed by atoms with Gasteiger partial charge in [-0.25, -0.2) is 0 Å². The van der Waals surface area contributed by atoms with E-state index in [0.717, 1.165) is 48.7 Å². The SMILES string of the molecule is COc1ccc([C@H]2[C@@H]3CN(Cc4cc5ccccc5o4)C[C@@H]3CN2C(C)=O)cc1. The number of fused-ring (bicyclic) bond motifs is 2. The van der Waals surface area contributed by atoms with Gasteiger partial charge < -0.3 is 14.1 Å². The summed E-state index contributed by atoms with van der Waals surface area (Å²) in [5, 5.41) is 1.15. The minimum Gasteiger partial charge on any atom is -0.497 e. The zero-order valence-electron chi connectivity index (χ0n) is 16.9. The van der Waals surface area contributed by atoms with Crippen LogP contribution in [0.1, 0.15) is 24.3 Å². The van der Waals surface area contributed by atoms with E-state index in [1.54, 1.807) is 14.0 Å². The Morgan fingerprint density at radius 3 is 2.62 bits per heavy atom. The Labute approximate surface area is 170 Å². The molecule has 2 aliphatic heterocycles. The lowest BCUT2D eigenvalue weighted by molar-refractivity contribution is -0.130. The third-order valence-corrected chi connectivity index (χ3v) is 6.46. The van der Waals surface area contributed by atoms with Gasteiger partial charge in [-0.1, -0.05) is 30.3 Å². The summed E-state index contributed by atoms with van der Waals surface area (Å²) in [5.41, 5.74) is 2.14. The normalized spacial score (nSPS) is 24.2. The van der Waals surface area contributed by atoms with Crippen molar-refractivity contribution < 1.29 is 13.9 Å². The quantitative estimate of drug-likeness (QED) is 0.673. The number of hydrogen-bond donors (Lipinski definition) is 0. The van der Waals surface area contributed by atoms with Crippen molar-refractivity contribution in [2.75, 3.05) is 26.7 Å². The molecule has 5 heteroatoms. The van der Waals surface area contributed by atoms with E-state index in [1.165, 1.54) is 5.56 Å². The fourth-order valence-corrected chi connectivity index (χ4v) is 5.15. The van der Waals surface area contributed by atoms with Crippen LogP contribution in [0.3, 0.4) is 0 Å². The predicted molar refractivity (Wildman–Crippen MR) is 112 cm³/mol. The van der Waals surface area contributed by atoms with Gasteiger partial charge in [0.05, 0.1) is 19.7 Å². The molecule has 0 N–H and O–H groups in total. The number of benzene rings is 2. The second-order valence-electron chi connectivity index (χ2n) is 8.26. The maximum atomic E-state index is 12.3. The van der Waals surface area contributed by atoms with E-state index in [2.05, 4.69) is 34.1 Å². The average Bonchev–Trinajstić information content (AvgIpc) is 3.39. The molecular formula is C24H26N2O3. The Hall–Kier alpha value is -2.79. The molecule has 0 saturated carbocycles. The molecule has 0 bridgehead atoms. The molecule has 3 aromatic rings. The maximum absolute atomic E-state index is 12.3. The summed E-state index contributed by atoms with van der Waals surface area (Å²) in [7, 11) is 1.68. The zero-order chi connectivity index (χ0) is 20.0. The van der Waals surface area contributed by atoms with Crippen molar-refractivity contribution in [3.05, 3.63) is 65.9 Å². The van der Waals surface area contributed by atoms with Gasteiger partial charge in [-0.2, -0.15) is 0 Å². The largest absolute Gasteiger partial charge is 0.497 e. The summed E-state index contributed by atoms with van der Waals surface area (Å²) < 4.78 is 11.3. The van der Waals surface area contributed by atoms with Crippen LogP contribution < -0.4 is 4.74 Å². The van der Waals surface area contributed by atoms with Gasteiger partial charge in [0.15, 0.2) is 0 Å². The Balaban J connectivity index is 1.36. The van der Waals surface area contributed by atoms with Crippen molar-refractivity contribution in [3.63, 3.8) is 0 Å². The Bertz CT molecular complexity index is 993. The lowest BCUT2D eigenvalue weighted by Crippen LogP contribution is -2.34. The van der Waals surface area contributed by atoms with Crippen LogP contribution in [-0.4, -0.2) is 42.5 Å². The van der Waals surface area contributed by atoms with Gasteiger partial charge in [-0.05, 0) is 35.7 Å². The highest BCUT2D eigenvalue weighted by Gasteiger charge is 2.48. The smallest absolute Gasteiger partial charge is 0.219 e.